The van der Waals surface area contributed by atoms with Gasteiger partial charge in [0.15, 0.2) is 0 Å². The van der Waals surface area contributed by atoms with Crippen molar-refractivity contribution in [3.05, 3.63) is 28.2 Å². The van der Waals surface area contributed by atoms with Crippen molar-refractivity contribution in [2.45, 2.75) is 65.5 Å². The summed E-state index contributed by atoms with van der Waals surface area (Å²) in [6.45, 7) is 12.8. The first-order valence-electron chi connectivity index (χ1n) is 10.9. The Kier molecular flexibility index (Phi) is 6.93. The van der Waals surface area contributed by atoms with Gasteiger partial charge in [0.2, 0.25) is 0 Å². The minimum Gasteiger partial charge on any atom is -0.496 e. The summed E-state index contributed by atoms with van der Waals surface area (Å²) >= 11 is 0.824. The third kappa shape index (κ3) is 4.65. The minimum atomic E-state index is -0.606. The molecule has 174 valence electrons. The van der Waals surface area contributed by atoms with Gasteiger partial charge in [-0.1, -0.05) is 6.92 Å². The highest BCUT2D eigenvalue weighted by Gasteiger charge is 2.38. The fourth-order valence-corrected chi connectivity index (χ4v) is 5.45. The molecule has 2 amide bonds. The van der Waals surface area contributed by atoms with Gasteiger partial charge in [0.25, 0.3) is 11.1 Å². The van der Waals surface area contributed by atoms with E-state index in [0.29, 0.717) is 11.7 Å². The first-order valence-corrected chi connectivity index (χ1v) is 11.7. The monoisotopic (exact) mass is 460 g/mol. The maximum absolute atomic E-state index is 12.8. The third-order valence-electron chi connectivity index (χ3n) is 5.87. The number of benzene rings is 1. The first kappa shape index (κ1) is 24.2. The number of carbonyl (C=O) groups is 3. The molecule has 1 fully saturated rings. The molecule has 0 aromatic heterocycles. The van der Waals surface area contributed by atoms with Gasteiger partial charge in [0.05, 0.1) is 18.1 Å². The zero-order chi connectivity index (χ0) is 23.8. The maximum Gasteiger partial charge on any atom is 0.326 e. The fourth-order valence-electron chi connectivity index (χ4n) is 4.62. The van der Waals surface area contributed by atoms with E-state index in [1.165, 1.54) is 5.56 Å². The SMILES string of the molecule is CCN1c2cc(OC)c(/C=C3\SC(=O)N(CC(=O)OC(C)C)C3=O)cc2C(C)CC1(C)C. The number of methoxy groups -OCH3 is 1. The Labute approximate surface area is 194 Å². The Bertz CT molecular complexity index is 969. The van der Waals surface area contributed by atoms with Crippen molar-refractivity contribution in [3.63, 3.8) is 0 Å². The molecule has 1 unspecified atom stereocenters. The predicted molar refractivity (Wildman–Crippen MR) is 127 cm³/mol. The van der Waals surface area contributed by atoms with Crippen LogP contribution in [0.15, 0.2) is 17.0 Å². The van der Waals surface area contributed by atoms with E-state index in [1.54, 1.807) is 27.0 Å². The van der Waals surface area contributed by atoms with E-state index >= 15 is 0 Å². The van der Waals surface area contributed by atoms with Crippen LogP contribution in [0.2, 0.25) is 0 Å². The van der Waals surface area contributed by atoms with Crippen molar-refractivity contribution in [1.29, 1.82) is 0 Å². The van der Waals surface area contributed by atoms with E-state index in [-0.39, 0.29) is 23.1 Å². The highest BCUT2D eigenvalue weighted by atomic mass is 32.2. The van der Waals surface area contributed by atoms with Crippen molar-refractivity contribution in [2.24, 2.45) is 0 Å². The van der Waals surface area contributed by atoms with Crippen molar-refractivity contribution in [1.82, 2.24) is 4.90 Å². The molecule has 0 spiro atoms. The van der Waals surface area contributed by atoms with E-state index < -0.39 is 17.1 Å². The molecule has 0 N–H and O–H groups in total. The lowest BCUT2D eigenvalue weighted by Crippen LogP contribution is -2.48. The summed E-state index contributed by atoms with van der Waals surface area (Å²) in [6.07, 6.45) is 2.38. The van der Waals surface area contributed by atoms with E-state index in [9.17, 15) is 14.4 Å². The van der Waals surface area contributed by atoms with Crippen LogP contribution in [0.25, 0.3) is 6.08 Å². The zero-order valence-electron chi connectivity index (χ0n) is 19.9. The summed E-state index contributed by atoms with van der Waals surface area (Å²) in [5.74, 6) is -0.129. The topological polar surface area (TPSA) is 76.2 Å². The molecule has 1 atom stereocenters. The molecule has 32 heavy (non-hydrogen) atoms. The minimum absolute atomic E-state index is 0.0287. The second-order valence-corrected chi connectivity index (χ2v) is 10.1. The summed E-state index contributed by atoms with van der Waals surface area (Å²) in [7, 11) is 1.60. The Hall–Kier alpha value is -2.48. The summed E-state index contributed by atoms with van der Waals surface area (Å²) in [4.78, 5) is 40.7. The highest BCUT2D eigenvalue weighted by molar-refractivity contribution is 8.18. The number of thioether (sulfide) groups is 1. The largest absolute Gasteiger partial charge is 0.496 e. The molecule has 3 rings (SSSR count). The lowest BCUT2D eigenvalue weighted by Gasteiger charge is -2.47. The number of ether oxygens (including phenoxy) is 2. The van der Waals surface area contributed by atoms with Crippen LogP contribution in [0, 0.1) is 0 Å². The Morgan fingerprint density at radius 3 is 2.59 bits per heavy atom. The maximum atomic E-state index is 12.8. The van der Waals surface area contributed by atoms with Gasteiger partial charge < -0.3 is 14.4 Å². The molecular formula is C24H32N2O5S. The molecule has 2 aliphatic heterocycles. The zero-order valence-corrected chi connectivity index (χ0v) is 20.7. The Balaban J connectivity index is 1.95. The molecule has 1 aromatic carbocycles. The fraction of sp³-hybridized carbons (Fsp3) is 0.542. The van der Waals surface area contributed by atoms with E-state index in [0.717, 1.165) is 40.9 Å². The highest BCUT2D eigenvalue weighted by Crippen LogP contribution is 2.46. The molecule has 0 aliphatic carbocycles. The first-order chi connectivity index (χ1) is 15.0. The number of rotatable bonds is 6. The number of nitrogens with zero attached hydrogens (tertiary/aromatic N) is 2. The van der Waals surface area contributed by atoms with E-state index in [2.05, 4.69) is 38.7 Å². The van der Waals surface area contributed by atoms with Gasteiger partial charge in [-0.3, -0.25) is 19.3 Å². The average molecular weight is 461 g/mol. The smallest absolute Gasteiger partial charge is 0.326 e. The van der Waals surface area contributed by atoms with E-state index in [1.807, 2.05) is 6.07 Å². The van der Waals surface area contributed by atoms with Crippen LogP contribution < -0.4 is 9.64 Å². The van der Waals surface area contributed by atoms with Crippen LogP contribution in [0.4, 0.5) is 10.5 Å². The van der Waals surface area contributed by atoms with Crippen LogP contribution in [-0.4, -0.2) is 53.9 Å². The van der Waals surface area contributed by atoms with Gasteiger partial charge in [-0.15, -0.1) is 0 Å². The molecule has 7 nitrogen and oxygen atoms in total. The number of fused-ring (bicyclic) bond motifs is 1. The number of amides is 2. The van der Waals surface area contributed by atoms with Gasteiger partial charge >= 0.3 is 5.97 Å². The molecule has 0 bridgehead atoms. The van der Waals surface area contributed by atoms with Crippen molar-refractivity contribution >= 4 is 40.6 Å². The third-order valence-corrected chi connectivity index (χ3v) is 6.78. The number of carbonyl (C=O) groups excluding carboxylic acids is 3. The van der Waals surface area contributed by atoms with Crippen LogP contribution in [0.1, 0.15) is 65.0 Å². The predicted octanol–water partition coefficient (Wildman–Crippen LogP) is 4.80. The molecule has 1 aromatic rings. The van der Waals surface area contributed by atoms with Crippen LogP contribution >= 0.6 is 11.8 Å². The Morgan fingerprint density at radius 2 is 2.00 bits per heavy atom. The normalized spacial score (nSPS) is 21.4. The molecule has 0 radical (unpaired) electrons. The van der Waals surface area contributed by atoms with Gasteiger partial charge in [-0.05, 0) is 76.4 Å². The standard InChI is InChI=1S/C24H32N2O5S/c1-8-26-18-11-19(30-7)16(9-17(18)15(4)12-24(26,5)6)10-20-22(28)25(23(29)32-20)13-21(27)31-14(2)3/h9-11,14-15H,8,12-13H2,1-7H3/b20-10-. The van der Waals surface area contributed by atoms with Crippen molar-refractivity contribution < 1.29 is 23.9 Å². The molecule has 8 heteroatoms. The molecule has 2 aliphatic rings. The molecule has 0 saturated carbocycles. The number of imide groups is 1. The van der Waals surface area contributed by atoms with Crippen LogP contribution in [0.3, 0.4) is 0 Å². The number of hydrogen-bond acceptors (Lipinski definition) is 7. The number of anilines is 1. The van der Waals surface area contributed by atoms with Gasteiger partial charge in [0, 0.05) is 29.4 Å². The summed E-state index contributed by atoms with van der Waals surface area (Å²) in [6, 6.07) is 4.07. The second-order valence-electron chi connectivity index (χ2n) is 9.12. The van der Waals surface area contributed by atoms with Crippen molar-refractivity contribution in [3.8, 4) is 5.75 Å². The average Bonchev–Trinajstić information content (AvgIpc) is 2.94. The summed E-state index contributed by atoms with van der Waals surface area (Å²) in [5, 5.41) is -0.480. The number of esters is 1. The van der Waals surface area contributed by atoms with Gasteiger partial charge in [0.1, 0.15) is 12.3 Å². The summed E-state index contributed by atoms with van der Waals surface area (Å²) < 4.78 is 10.7. The lowest BCUT2D eigenvalue weighted by atomic mass is 9.79. The summed E-state index contributed by atoms with van der Waals surface area (Å²) in [5.41, 5.74) is 3.10. The molecule has 1 saturated heterocycles. The van der Waals surface area contributed by atoms with Crippen molar-refractivity contribution in [2.75, 3.05) is 25.1 Å². The number of hydrogen-bond donors (Lipinski definition) is 0. The quantitative estimate of drug-likeness (QED) is 0.446. The van der Waals surface area contributed by atoms with Crippen LogP contribution in [-0.2, 0) is 14.3 Å². The second kappa shape index (κ2) is 9.17. The molecule has 2 heterocycles. The van der Waals surface area contributed by atoms with Crippen LogP contribution in [0.5, 0.6) is 5.75 Å². The van der Waals surface area contributed by atoms with E-state index in [4.69, 9.17) is 9.47 Å². The van der Waals surface area contributed by atoms with Gasteiger partial charge in [-0.25, -0.2) is 0 Å². The molecular weight excluding hydrogens is 428 g/mol. The Morgan fingerprint density at radius 1 is 1.31 bits per heavy atom. The van der Waals surface area contributed by atoms with Gasteiger partial charge in [-0.2, -0.15) is 0 Å². The lowest BCUT2D eigenvalue weighted by molar-refractivity contribution is -0.149.